The first kappa shape index (κ1) is 16.0. The van der Waals surface area contributed by atoms with Crippen molar-refractivity contribution in [2.24, 2.45) is 5.92 Å². The lowest BCUT2D eigenvalue weighted by Crippen LogP contribution is -2.49. The predicted octanol–water partition coefficient (Wildman–Crippen LogP) is 1.17. The lowest BCUT2D eigenvalue weighted by molar-refractivity contribution is -0.136. The van der Waals surface area contributed by atoms with E-state index in [1.807, 2.05) is 20.8 Å². The minimum atomic E-state index is -0.413. The van der Waals surface area contributed by atoms with Gasteiger partial charge in [0.05, 0.1) is 6.61 Å². The zero-order valence-electron chi connectivity index (χ0n) is 12.4. The lowest BCUT2D eigenvalue weighted by Gasteiger charge is -2.29. The van der Waals surface area contributed by atoms with Gasteiger partial charge in [-0.3, -0.25) is 9.59 Å². The van der Waals surface area contributed by atoms with Gasteiger partial charge < -0.3 is 15.0 Å². The van der Waals surface area contributed by atoms with E-state index in [1.54, 1.807) is 4.90 Å². The maximum absolute atomic E-state index is 12.5. The fraction of sp³-hybridized carbons (Fsp3) is 0.857. The summed E-state index contributed by atoms with van der Waals surface area (Å²) in [5.41, 5.74) is 0. The molecule has 2 unspecified atom stereocenters. The number of ether oxygens (including phenoxy) is 1. The zero-order chi connectivity index (χ0) is 14.4. The summed E-state index contributed by atoms with van der Waals surface area (Å²) >= 11 is 0. The van der Waals surface area contributed by atoms with Crippen molar-refractivity contribution in [2.45, 2.75) is 52.6 Å². The SMILES string of the molecule is CCCOCCN1C(=O)C(C(C)C)NC(=O)CC1C. The number of nitrogens with one attached hydrogen (secondary N) is 1. The molecule has 0 bridgehead atoms. The molecule has 0 spiro atoms. The van der Waals surface area contributed by atoms with Crippen molar-refractivity contribution in [1.82, 2.24) is 10.2 Å². The average Bonchev–Trinajstić information content (AvgIpc) is 2.44. The molecule has 1 N–H and O–H groups in total. The minimum Gasteiger partial charge on any atom is -0.380 e. The molecule has 2 atom stereocenters. The van der Waals surface area contributed by atoms with Gasteiger partial charge in [0.2, 0.25) is 11.8 Å². The van der Waals surface area contributed by atoms with Crippen LogP contribution in [-0.2, 0) is 14.3 Å². The minimum absolute atomic E-state index is 0.00782. The van der Waals surface area contributed by atoms with E-state index in [-0.39, 0.29) is 23.8 Å². The Morgan fingerprint density at radius 1 is 1.37 bits per heavy atom. The van der Waals surface area contributed by atoms with Gasteiger partial charge in [0.25, 0.3) is 0 Å². The molecule has 1 saturated heterocycles. The zero-order valence-corrected chi connectivity index (χ0v) is 12.4. The van der Waals surface area contributed by atoms with E-state index in [0.29, 0.717) is 26.2 Å². The predicted molar refractivity (Wildman–Crippen MR) is 73.7 cm³/mol. The molecule has 0 radical (unpaired) electrons. The second-order valence-corrected chi connectivity index (χ2v) is 5.49. The average molecular weight is 270 g/mol. The van der Waals surface area contributed by atoms with E-state index in [1.165, 1.54) is 0 Å². The molecule has 0 aliphatic carbocycles. The fourth-order valence-electron chi connectivity index (χ4n) is 2.26. The van der Waals surface area contributed by atoms with Gasteiger partial charge in [0.1, 0.15) is 6.04 Å². The van der Waals surface area contributed by atoms with Gasteiger partial charge in [0, 0.05) is 25.6 Å². The Balaban J connectivity index is 2.68. The van der Waals surface area contributed by atoms with Crippen LogP contribution in [0.4, 0.5) is 0 Å². The van der Waals surface area contributed by atoms with Crippen molar-refractivity contribution >= 4 is 11.8 Å². The summed E-state index contributed by atoms with van der Waals surface area (Å²) in [7, 11) is 0. The third-order valence-corrected chi connectivity index (χ3v) is 3.37. The molecule has 5 heteroatoms. The summed E-state index contributed by atoms with van der Waals surface area (Å²) in [5.74, 6) is 0.0609. The highest BCUT2D eigenvalue weighted by atomic mass is 16.5. The molecule has 5 nitrogen and oxygen atoms in total. The molecule has 0 saturated carbocycles. The normalized spacial score (nSPS) is 24.6. The lowest BCUT2D eigenvalue weighted by atomic mass is 10.0. The third-order valence-electron chi connectivity index (χ3n) is 3.37. The Morgan fingerprint density at radius 3 is 2.63 bits per heavy atom. The van der Waals surface area contributed by atoms with E-state index < -0.39 is 6.04 Å². The Bertz CT molecular complexity index is 318. The van der Waals surface area contributed by atoms with Crippen LogP contribution in [0.15, 0.2) is 0 Å². The third kappa shape index (κ3) is 4.49. The maximum Gasteiger partial charge on any atom is 0.245 e. The monoisotopic (exact) mass is 270 g/mol. The van der Waals surface area contributed by atoms with Crippen LogP contribution in [0.25, 0.3) is 0 Å². The van der Waals surface area contributed by atoms with Crippen molar-refractivity contribution in [2.75, 3.05) is 19.8 Å². The molecular weight excluding hydrogens is 244 g/mol. The summed E-state index contributed by atoms with van der Waals surface area (Å²) in [6, 6.07) is -0.481. The Morgan fingerprint density at radius 2 is 2.05 bits per heavy atom. The number of amides is 2. The van der Waals surface area contributed by atoms with Crippen LogP contribution in [0.2, 0.25) is 0 Å². The molecule has 1 aliphatic heterocycles. The number of rotatable bonds is 6. The molecule has 0 aromatic carbocycles. The van der Waals surface area contributed by atoms with Crippen molar-refractivity contribution in [3.8, 4) is 0 Å². The van der Waals surface area contributed by atoms with Gasteiger partial charge in [0.15, 0.2) is 0 Å². The molecule has 1 rings (SSSR count). The molecule has 2 amide bonds. The van der Waals surface area contributed by atoms with E-state index in [4.69, 9.17) is 4.74 Å². The maximum atomic E-state index is 12.5. The van der Waals surface area contributed by atoms with Gasteiger partial charge in [-0.2, -0.15) is 0 Å². The Labute approximate surface area is 115 Å². The van der Waals surface area contributed by atoms with E-state index in [9.17, 15) is 9.59 Å². The second kappa shape index (κ2) is 7.48. The van der Waals surface area contributed by atoms with Crippen molar-refractivity contribution in [3.05, 3.63) is 0 Å². The molecule has 0 aromatic heterocycles. The standard InChI is InChI=1S/C14H26N2O3/c1-5-7-19-8-6-16-11(4)9-12(17)15-13(10(2)3)14(16)18/h10-11,13H,5-9H2,1-4H3,(H,15,17). The highest BCUT2D eigenvalue weighted by Gasteiger charge is 2.35. The van der Waals surface area contributed by atoms with Crippen LogP contribution in [0.1, 0.15) is 40.5 Å². The first-order chi connectivity index (χ1) is 8.97. The highest BCUT2D eigenvalue weighted by Crippen LogP contribution is 2.15. The van der Waals surface area contributed by atoms with Crippen LogP contribution in [0.3, 0.4) is 0 Å². The first-order valence-corrected chi connectivity index (χ1v) is 7.15. The van der Waals surface area contributed by atoms with Gasteiger partial charge in [-0.15, -0.1) is 0 Å². The number of carbonyl (C=O) groups excluding carboxylic acids is 2. The van der Waals surface area contributed by atoms with Crippen LogP contribution >= 0.6 is 0 Å². The molecular formula is C14H26N2O3. The second-order valence-electron chi connectivity index (χ2n) is 5.49. The Hall–Kier alpha value is -1.10. The van der Waals surface area contributed by atoms with Gasteiger partial charge in [-0.05, 0) is 19.3 Å². The molecule has 1 heterocycles. The first-order valence-electron chi connectivity index (χ1n) is 7.15. The molecule has 1 fully saturated rings. The van der Waals surface area contributed by atoms with Crippen molar-refractivity contribution < 1.29 is 14.3 Å². The van der Waals surface area contributed by atoms with Gasteiger partial charge in [-0.25, -0.2) is 0 Å². The van der Waals surface area contributed by atoms with Gasteiger partial charge in [-0.1, -0.05) is 20.8 Å². The largest absolute Gasteiger partial charge is 0.380 e. The summed E-state index contributed by atoms with van der Waals surface area (Å²) in [5, 5.41) is 2.82. The summed E-state index contributed by atoms with van der Waals surface area (Å²) in [4.78, 5) is 26.0. The van der Waals surface area contributed by atoms with E-state index >= 15 is 0 Å². The van der Waals surface area contributed by atoms with Crippen molar-refractivity contribution in [3.63, 3.8) is 0 Å². The number of carbonyl (C=O) groups is 2. The molecule has 0 aromatic rings. The van der Waals surface area contributed by atoms with Crippen LogP contribution in [0.5, 0.6) is 0 Å². The van der Waals surface area contributed by atoms with E-state index in [2.05, 4.69) is 12.2 Å². The topological polar surface area (TPSA) is 58.6 Å². The van der Waals surface area contributed by atoms with E-state index in [0.717, 1.165) is 6.42 Å². The van der Waals surface area contributed by atoms with Gasteiger partial charge >= 0.3 is 0 Å². The number of hydrogen-bond acceptors (Lipinski definition) is 3. The molecule has 110 valence electrons. The quantitative estimate of drug-likeness (QED) is 0.737. The summed E-state index contributed by atoms with van der Waals surface area (Å²) < 4.78 is 5.45. The van der Waals surface area contributed by atoms with Crippen LogP contribution < -0.4 is 5.32 Å². The summed E-state index contributed by atoms with van der Waals surface area (Å²) in [6.45, 7) is 9.66. The van der Waals surface area contributed by atoms with Crippen molar-refractivity contribution in [1.29, 1.82) is 0 Å². The Kier molecular flexibility index (Phi) is 6.28. The number of nitrogens with zero attached hydrogens (tertiary/aromatic N) is 1. The fourth-order valence-corrected chi connectivity index (χ4v) is 2.26. The molecule has 19 heavy (non-hydrogen) atoms. The molecule has 1 aliphatic rings. The summed E-state index contributed by atoms with van der Waals surface area (Å²) in [6.07, 6.45) is 1.33. The smallest absolute Gasteiger partial charge is 0.245 e. The van der Waals surface area contributed by atoms with Crippen LogP contribution in [-0.4, -0.2) is 48.6 Å². The highest BCUT2D eigenvalue weighted by molar-refractivity contribution is 5.90. The number of hydrogen-bond donors (Lipinski definition) is 1. The van der Waals surface area contributed by atoms with Crippen LogP contribution in [0, 0.1) is 5.92 Å².